The van der Waals surface area contributed by atoms with Crippen LogP contribution in [0.1, 0.15) is 6.92 Å². The molecule has 146 valence electrons. The molecule has 0 aromatic heterocycles. The summed E-state index contributed by atoms with van der Waals surface area (Å²) in [5.74, 6) is 0.207. The van der Waals surface area contributed by atoms with Gasteiger partial charge in [-0.15, -0.1) is 13.2 Å². The van der Waals surface area contributed by atoms with Gasteiger partial charge in [-0.25, -0.2) is 0 Å². The van der Waals surface area contributed by atoms with E-state index in [9.17, 15) is 18.0 Å². The summed E-state index contributed by atoms with van der Waals surface area (Å²) in [6.45, 7) is 1.66. The third-order valence-electron chi connectivity index (χ3n) is 3.20. The summed E-state index contributed by atoms with van der Waals surface area (Å²) in [5.41, 5.74) is 0.313. The monoisotopic (exact) mass is 385 g/mol. The summed E-state index contributed by atoms with van der Waals surface area (Å²) < 4.78 is 55.7. The maximum atomic E-state index is 12.2. The van der Waals surface area contributed by atoms with Crippen LogP contribution in [0.15, 0.2) is 48.5 Å². The first kappa shape index (κ1) is 20.4. The average molecular weight is 385 g/mol. The van der Waals surface area contributed by atoms with Gasteiger partial charge in [0.2, 0.25) is 0 Å². The Balaban J connectivity index is 1.87. The Morgan fingerprint density at radius 2 is 1.56 bits per heavy atom. The van der Waals surface area contributed by atoms with Crippen molar-refractivity contribution in [1.29, 1.82) is 0 Å². The molecular formula is C18H18F3NO5. The molecule has 0 saturated heterocycles. The van der Waals surface area contributed by atoms with Crippen molar-refractivity contribution in [2.45, 2.75) is 19.4 Å². The molecule has 0 aliphatic rings. The van der Waals surface area contributed by atoms with E-state index < -0.39 is 18.4 Å². The quantitative estimate of drug-likeness (QED) is 0.697. The van der Waals surface area contributed by atoms with Gasteiger partial charge in [0.25, 0.3) is 5.91 Å². The molecule has 2 aromatic rings. The second-order valence-electron chi connectivity index (χ2n) is 5.34. The summed E-state index contributed by atoms with van der Waals surface area (Å²) in [7, 11) is 1.51. The Bertz CT molecular complexity index is 732. The van der Waals surface area contributed by atoms with Gasteiger partial charge in [-0.3, -0.25) is 4.79 Å². The molecule has 1 N–H and O–H groups in total. The van der Waals surface area contributed by atoms with Gasteiger partial charge < -0.3 is 24.3 Å². The number of halogens is 3. The fourth-order valence-corrected chi connectivity index (χ4v) is 1.98. The van der Waals surface area contributed by atoms with Crippen LogP contribution in [-0.2, 0) is 9.53 Å². The average Bonchev–Trinajstić information content (AvgIpc) is 2.61. The van der Waals surface area contributed by atoms with Gasteiger partial charge in [-0.2, -0.15) is 0 Å². The summed E-state index contributed by atoms with van der Waals surface area (Å²) >= 11 is 0. The number of carbonyl (C=O) groups is 1. The van der Waals surface area contributed by atoms with E-state index in [4.69, 9.17) is 14.2 Å². The van der Waals surface area contributed by atoms with E-state index in [1.165, 1.54) is 19.2 Å². The van der Waals surface area contributed by atoms with Gasteiger partial charge in [0.1, 0.15) is 17.2 Å². The van der Waals surface area contributed by atoms with Gasteiger partial charge in [0, 0.05) is 12.8 Å². The van der Waals surface area contributed by atoms with Gasteiger partial charge >= 0.3 is 6.36 Å². The second kappa shape index (κ2) is 9.13. The molecule has 0 fully saturated rings. The van der Waals surface area contributed by atoms with Crippen LogP contribution in [0.2, 0.25) is 0 Å². The van der Waals surface area contributed by atoms with Crippen molar-refractivity contribution in [1.82, 2.24) is 0 Å². The van der Waals surface area contributed by atoms with E-state index in [0.29, 0.717) is 17.2 Å². The number of amides is 1. The minimum absolute atomic E-state index is 0.117. The molecule has 1 unspecified atom stereocenters. The standard InChI is InChI=1S/C18H18F3NO5/c1-12(26-15-9-7-14(8-10-15)25-11-24-2)17(23)22-13-3-5-16(6-4-13)27-18(19,20)21/h3-10,12H,11H2,1-2H3,(H,22,23). The van der Waals surface area contributed by atoms with Gasteiger partial charge in [0.15, 0.2) is 12.9 Å². The van der Waals surface area contributed by atoms with Crippen molar-refractivity contribution in [2.24, 2.45) is 0 Å². The van der Waals surface area contributed by atoms with Crippen LogP contribution in [-0.4, -0.2) is 32.3 Å². The van der Waals surface area contributed by atoms with E-state index in [1.54, 1.807) is 31.2 Å². The number of carbonyl (C=O) groups excluding carboxylic acids is 1. The van der Waals surface area contributed by atoms with Crippen molar-refractivity contribution in [3.63, 3.8) is 0 Å². The molecule has 2 rings (SSSR count). The van der Waals surface area contributed by atoms with Crippen molar-refractivity contribution in [2.75, 3.05) is 19.2 Å². The Labute approximate surface area is 153 Å². The van der Waals surface area contributed by atoms with Gasteiger partial charge in [0.05, 0.1) is 0 Å². The molecule has 0 heterocycles. The summed E-state index contributed by atoms with van der Waals surface area (Å²) in [6, 6.07) is 11.4. The summed E-state index contributed by atoms with van der Waals surface area (Å²) in [4.78, 5) is 12.2. The number of nitrogens with one attached hydrogen (secondary N) is 1. The Hall–Kier alpha value is -2.94. The minimum Gasteiger partial charge on any atom is -0.481 e. The lowest BCUT2D eigenvalue weighted by atomic mass is 10.2. The highest BCUT2D eigenvalue weighted by Gasteiger charge is 2.31. The van der Waals surface area contributed by atoms with E-state index in [0.717, 1.165) is 12.1 Å². The number of methoxy groups -OCH3 is 1. The minimum atomic E-state index is -4.77. The fraction of sp³-hybridized carbons (Fsp3) is 0.278. The molecule has 0 aliphatic carbocycles. The third kappa shape index (κ3) is 7.06. The van der Waals surface area contributed by atoms with E-state index >= 15 is 0 Å². The normalized spacial score (nSPS) is 12.2. The summed E-state index contributed by atoms with van der Waals surface area (Å²) in [6.07, 6.45) is -5.60. The van der Waals surface area contributed by atoms with Crippen molar-refractivity contribution in [3.8, 4) is 17.2 Å². The zero-order valence-electron chi connectivity index (χ0n) is 14.6. The maximum absolute atomic E-state index is 12.2. The summed E-state index contributed by atoms with van der Waals surface area (Å²) in [5, 5.41) is 2.55. The topological polar surface area (TPSA) is 66.0 Å². The van der Waals surface area contributed by atoms with Crippen LogP contribution in [0.3, 0.4) is 0 Å². The molecule has 0 bridgehead atoms. The first-order valence-corrected chi connectivity index (χ1v) is 7.82. The van der Waals surface area contributed by atoms with Crippen molar-refractivity contribution >= 4 is 11.6 Å². The predicted octanol–water partition coefficient (Wildman–Crippen LogP) is 3.97. The van der Waals surface area contributed by atoms with Crippen LogP contribution in [0, 0.1) is 0 Å². The first-order chi connectivity index (χ1) is 12.8. The lowest BCUT2D eigenvalue weighted by Gasteiger charge is -2.15. The Morgan fingerprint density at radius 1 is 1.00 bits per heavy atom. The lowest BCUT2D eigenvalue weighted by molar-refractivity contribution is -0.274. The molecule has 0 aliphatic heterocycles. The van der Waals surface area contributed by atoms with E-state index in [-0.39, 0.29) is 12.5 Å². The largest absolute Gasteiger partial charge is 0.573 e. The number of benzene rings is 2. The molecule has 27 heavy (non-hydrogen) atoms. The number of hydrogen-bond donors (Lipinski definition) is 1. The number of anilines is 1. The number of ether oxygens (including phenoxy) is 4. The highest BCUT2D eigenvalue weighted by molar-refractivity contribution is 5.94. The Kier molecular flexibility index (Phi) is 6.89. The van der Waals surface area contributed by atoms with Crippen molar-refractivity contribution in [3.05, 3.63) is 48.5 Å². The molecule has 0 saturated carbocycles. The molecule has 6 nitrogen and oxygen atoms in total. The highest BCUT2D eigenvalue weighted by Crippen LogP contribution is 2.24. The number of hydrogen-bond acceptors (Lipinski definition) is 5. The Morgan fingerprint density at radius 3 is 2.11 bits per heavy atom. The molecule has 2 aromatic carbocycles. The van der Waals surface area contributed by atoms with Crippen LogP contribution in [0.25, 0.3) is 0 Å². The number of rotatable bonds is 8. The van der Waals surface area contributed by atoms with Gasteiger partial charge in [-0.05, 0) is 55.5 Å². The zero-order chi connectivity index (χ0) is 19.9. The first-order valence-electron chi connectivity index (χ1n) is 7.82. The zero-order valence-corrected chi connectivity index (χ0v) is 14.6. The smallest absolute Gasteiger partial charge is 0.481 e. The third-order valence-corrected chi connectivity index (χ3v) is 3.20. The fourth-order valence-electron chi connectivity index (χ4n) is 1.98. The molecule has 0 radical (unpaired) electrons. The van der Waals surface area contributed by atoms with E-state index in [2.05, 4.69) is 10.1 Å². The van der Waals surface area contributed by atoms with Crippen LogP contribution in [0.4, 0.5) is 18.9 Å². The molecule has 9 heteroatoms. The molecule has 1 atom stereocenters. The molecule has 1 amide bonds. The number of alkyl halides is 3. The second-order valence-corrected chi connectivity index (χ2v) is 5.34. The maximum Gasteiger partial charge on any atom is 0.573 e. The van der Waals surface area contributed by atoms with Crippen LogP contribution in [0.5, 0.6) is 17.2 Å². The lowest BCUT2D eigenvalue weighted by Crippen LogP contribution is -2.30. The predicted molar refractivity (Wildman–Crippen MR) is 90.8 cm³/mol. The SMILES string of the molecule is COCOc1ccc(OC(C)C(=O)Nc2ccc(OC(F)(F)F)cc2)cc1. The molecule has 0 spiro atoms. The van der Waals surface area contributed by atoms with Crippen molar-refractivity contribution < 1.29 is 36.9 Å². The van der Waals surface area contributed by atoms with Crippen LogP contribution < -0.4 is 19.5 Å². The van der Waals surface area contributed by atoms with Gasteiger partial charge in [-0.1, -0.05) is 0 Å². The molecular weight excluding hydrogens is 367 g/mol. The van der Waals surface area contributed by atoms with Crippen LogP contribution >= 0.6 is 0 Å². The highest BCUT2D eigenvalue weighted by atomic mass is 19.4. The van der Waals surface area contributed by atoms with E-state index in [1.807, 2.05) is 0 Å².